The van der Waals surface area contributed by atoms with Crippen LogP contribution in [-0.4, -0.2) is 17.9 Å². The van der Waals surface area contributed by atoms with Gasteiger partial charge in [-0.2, -0.15) is 0 Å². The lowest BCUT2D eigenvalue weighted by Gasteiger charge is -2.04. The molecule has 0 aromatic rings. The predicted molar refractivity (Wildman–Crippen MR) is 49.8 cm³/mol. The van der Waals surface area contributed by atoms with Crippen LogP contribution in [0, 0.1) is 0 Å². The van der Waals surface area contributed by atoms with Crippen LogP contribution in [0.3, 0.4) is 0 Å². The Morgan fingerprint density at radius 1 is 1.56 bits per heavy atom. The van der Waals surface area contributed by atoms with Crippen LogP contribution in [-0.2, 0) is 0 Å². The molecule has 1 unspecified atom stereocenters. The van der Waals surface area contributed by atoms with Gasteiger partial charge in [-0.25, -0.2) is 0 Å². The van der Waals surface area contributed by atoms with E-state index in [1.165, 1.54) is 25.8 Å². The van der Waals surface area contributed by atoms with Crippen molar-refractivity contribution in [3.8, 4) is 0 Å². The minimum Gasteiger partial charge on any atom is -0.314 e. The Morgan fingerprint density at radius 2 is 2.33 bits per heavy atom. The zero-order valence-electron chi connectivity index (χ0n) is 5.40. The average Bonchev–Trinajstić information content (AvgIpc) is 2.19. The van der Waals surface area contributed by atoms with Crippen molar-refractivity contribution >= 4 is 32.9 Å². The zero-order valence-corrected chi connectivity index (χ0v) is 8.70. The van der Waals surface area contributed by atoms with E-state index in [0.717, 1.165) is 11.4 Å². The lowest BCUT2D eigenvalue weighted by atomic mass is 10.2. The molecule has 0 saturated carbocycles. The number of alkyl halides is 1. The van der Waals surface area contributed by atoms with E-state index in [4.69, 9.17) is 0 Å². The SMILES string of the molecule is Br.BrCCC1CCCN1. The van der Waals surface area contributed by atoms with E-state index in [-0.39, 0.29) is 17.0 Å². The fourth-order valence-corrected chi connectivity index (χ4v) is 1.69. The summed E-state index contributed by atoms with van der Waals surface area (Å²) in [5.74, 6) is 0. The summed E-state index contributed by atoms with van der Waals surface area (Å²) in [6.45, 7) is 1.23. The van der Waals surface area contributed by atoms with Gasteiger partial charge in [-0.1, -0.05) is 15.9 Å². The first-order chi connectivity index (χ1) is 3.93. The second-order valence-electron chi connectivity index (χ2n) is 2.27. The zero-order chi connectivity index (χ0) is 5.82. The van der Waals surface area contributed by atoms with Crippen molar-refractivity contribution in [3.05, 3.63) is 0 Å². The highest BCUT2D eigenvalue weighted by atomic mass is 79.9. The van der Waals surface area contributed by atoms with Crippen LogP contribution < -0.4 is 5.32 Å². The van der Waals surface area contributed by atoms with Crippen molar-refractivity contribution in [2.45, 2.75) is 25.3 Å². The molecule has 0 aromatic carbocycles. The van der Waals surface area contributed by atoms with Gasteiger partial charge in [0.05, 0.1) is 0 Å². The summed E-state index contributed by atoms with van der Waals surface area (Å²) < 4.78 is 0. The Kier molecular flexibility index (Phi) is 6.27. The normalized spacial score (nSPS) is 25.7. The molecule has 1 N–H and O–H groups in total. The van der Waals surface area contributed by atoms with E-state index in [1.807, 2.05) is 0 Å². The van der Waals surface area contributed by atoms with Crippen LogP contribution in [0.1, 0.15) is 19.3 Å². The third-order valence-corrected chi connectivity index (χ3v) is 2.08. The molecule has 0 radical (unpaired) electrons. The summed E-state index contributed by atoms with van der Waals surface area (Å²) in [6.07, 6.45) is 4.04. The summed E-state index contributed by atoms with van der Waals surface area (Å²) >= 11 is 3.42. The predicted octanol–water partition coefficient (Wildman–Crippen LogP) is 2.10. The number of rotatable bonds is 2. The number of hydrogen-bond donors (Lipinski definition) is 1. The minimum atomic E-state index is 0. The van der Waals surface area contributed by atoms with Gasteiger partial charge in [0.25, 0.3) is 0 Å². The van der Waals surface area contributed by atoms with Crippen molar-refractivity contribution in [3.63, 3.8) is 0 Å². The van der Waals surface area contributed by atoms with Gasteiger partial charge < -0.3 is 5.32 Å². The highest BCUT2D eigenvalue weighted by Crippen LogP contribution is 2.08. The van der Waals surface area contributed by atoms with Crippen LogP contribution in [0.15, 0.2) is 0 Å². The number of hydrogen-bond acceptors (Lipinski definition) is 1. The molecule has 1 aliphatic rings. The Hall–Kier alpha value is 0.920. The summed E-state index contributed by atoms with van der Waals surface area (Å²) in [4.78, 5) is 0. The molecular formula is C6H13Br2N. The first-order valence-electron chi connectivity index (χ1n) is 3.23. The molecule has 0 aliphatic carbocycles. The van der Waals surface area contributed by atoms with E-state index in [2.05, 4.69) is 21.2 Å². The minimum absolute atomic E-state index is 0. The van der Waals surface area contributed by atoms with Crippen molar-refractivity contribution in [2.24, 2.45) is 0 Å². The third-order valence-electron chi connectivity index (χ3n) is 1.62. The molecule has 1 rings (SSSR count). The molecule has 1 atom stereocenters. The molecular weight excluding hydrogens is 246 g/mol. The molecule has 1 aliphatic heterocycles. The van der Waals surface area contributed by atoms with Crippen LogP contribution in [0.2, 0.25) is 0 Å². The quantitative estimate of drug-likeness (QED) is 0.749. The van der Waals surface area contributed by atoms with E-state index >= 15 is 0 Å². The van der Waals surface area contributed by atoms with E-state index in [1.54, 1.807) is 0 Å². The largest absolute Gasteiger partial charge is 0.314 e. The molecule has 1 fully saturated rings. The lowest BCUT2D eigenvalue weighted by Crippen LogP contribution is -2.21. The summed E-state index contributed by atoms with van der Waals surface area (Å²) in [6, 6.07) is 0.814. The Balaban J connectivity index is 0.000000640. The van der Waals surface area contributed by atoms with Gasteiger partial charge >= 0.3 is 0 Å². The first-order valence-corrected chi connectivity index (χ1v) is 4.35. The van der Waals surface area contributed by atoms with Gasteiger partial charge in [0.1, 0.15) is 0 Å². The van der Waals surface area contributed by atoms with Crippen molar-refractivity contribution < 1.29 is 0 Å². The molecule has 0 amide bonds. The van der Waals surface area contributed by atoms with E-state index in [9.17, 15) is 0 Å². The molecule has 3 heteroatoms. The molecule has 0 aromatic heterocycles. The highest BCUT2D eigenvalue weighted by Gasteiger charge is 2.11. The Labute approximate surface area is 75.5 Å². The number of nitrogens with one attached hydrogen (secondary N) is 1. The molecule has 56 valence electrons. The summed E-state index contributed by atoms with van der Waals surface area (Å²) in [5, 5.41) is 4.57. The van der Waals surface area contributed by atoms with Crippen molar-refractivity contribution in [1.29, 1.82) is 0 Å². The van der Waals surface area contributed by atoms with Crippen LogP contribution in [0.5, 0.6) is 0 Å². The van der Waals surface area contributed by atoms with Gasteiger partial charge in [-0.3, -0.25) is 0 Å². The summed E-state index contributed by atoms with van der Waals surface area (Å²) in [5.41, 5.74) is 0. The standard InChI is InChI=1S/C6H12BrN.BrH/c7-4-3-6-2-1-5-8-6;/h6,8H,1-5H2;1H. The van der Waals surface area contributed by atoms with E-state index in [0.29, 0.717) is 0 Å². The highest BCUT2D eigenvalue weighted by molar-refractivity contribution is 9.09. The second-order valence-corrected chi connectivity index (χ2v) is 3.06. The topological polar surface area (TPSA) is 12.0 Å². The first kappa shape index (κ1) is 9.92. The molecule has 1 nitrogen and oxygen atoms in total. The van der Waals surface area contributed by atoms with Gasteiger partial charge in [0, 0.05) is 11.4 Å². The average molecular weight is 259 g/mol. The fraction of sp³-hybridized carbons (Fsp3) is 1.00. The fourth-order valence-electron chi connectivity index (χ4n) is 1.13. The Bertz CT molecular complexity index is 62.1. The molecule has 0 bridgehead atoms. The molecule has 9 heavy (non-hydrogen) atoms. The van der Waals surface area contributed by atoms with Gasteiger partial charge in [0.2, 0.25) is 0 Å². The van der Waals surface area contributed by atoms with Crippen molar-refractivity contribution in [1.82, 2.24) is 5.32 Å². The maximum Gasteiger partial charge on any atom is 0.00754 e. The maximum absolute atomic E-state index is 3.43. The van der Waals surface area contributed by atoms with E-state index < -0.39 is 0 Å². The lowest BCUT2D eigenvalue weighted by molar-refractivity contribution is 0.593. The Morgan fingerprint density at radius 3 is 2.78 bits per heavy atom. The van der Waals surface area contributed by atoms with Gasteiger partial charge in [-0.15, -0.1) is 17.0 Å². The smallest absolute Gasteiger partial charge is 0.00754 e. The van der Waals surface area contributed by atoms with Gasteiger partial charge in [-0.05, 0) is 25.8 Å². The molecule has 1 heterocycles. The monoisotopic (exact) mass is 257 g/mol. The number of halogens is 2. The maximum atomic E-state index is 3.43. The van der Waals surface area contributed by atoms with Crippen LogP contribution in [0.4, 0.5) is 0 Å². The molecule has 1 saturated heterocycles. The third kappa shape index (κ3) is 3.58. The summed E-state index contributed by atoms with van der Waals surface area (Å²) in [7, 11) is 0. The second kappa shape index (κ2) is 5.69. The van der Waals surface area contributed by atoms with Gasteiger partial charge in [0.15, 0.2) is 0 Å². The van der Waals surface area contributed by atoms with Crippen LogP contribution >= 0.6 is 32.9 Å². The van der Waals surface area contributed by atoms with Crippen molar-refractivity contribution in [2.75, 3.05) is 11.9 Å². The molecule has 0 spiro atoms. The van der Waals surface area contributed by atoms with Crippen LogP contribution in [0.25, 0.3) is 0 Å².